The van der Waals surface area contributed by atoms with E-state index in [1.54, 1.807) is 0 Å². The summed E-state index contributed by atoms with van der Waals surface area (Å²) >= 11 is 0. The first-order chi connectivity index (χ1) is 15.0. The van der Waals surface area contributed by atoms with E-state index in [2.05, 4.69) is 0 Å². The zero-order valence-electron chi connectivity index (χ0n) is 18.1. The highest BCUT2D eigenvalue weighted by atomic mass is 16.6. The Bertz CT molecular complexity index is 1040. The molecular weight excluding hydrogens is 416 g/mol. The summed E-state index contributed by atoms with van der Waals surface area (Å²) < 4.78 is 10.1. The predicted molar refractivity (Wildman–Crippen MR) is 113 cm³/mol. The van der Waals surface area contributed by atoms with Gasteiger partial charge in [0.25, 0.3) is 0 Å². The number of rotatable bonds is 9. The smallest absolute Gasteiger partial charge is 0.338 e. The Morgan fingerprint density at radius 2 is 0.844 bits per heavy atom. The number of esters is 2. The average Bonchev–Trinajstić information content (AvgIpc) is 2.75. The molecule has 0 fully saturated rings. The summed E-state index contributed by atoms with van der Waals surface area (Å²) in [4.78, 5) is 71.1. The summed E-state index contributed by atoms with van der Waals surface area (Å²) in [6.07, 6.45) is 0. The lowest BCUT2D eigenvalue weighted by atomic mass is 9.98. The number of benzene rings is 2. The van der Waals surface area contributed by atoms with Crippen molar-refractivity contribution in [3.8, 4) is 0 Å². The Labute approximate surface area is 184 Å². The van der Waals surface area contributed by atoms with Crippen LogP contribution in [0.1, 0.15) is 89.8 Å². The van der Waals surface area contributed by atoms with E-state index in [0.29, 0.717) is 0 Å². The molecule has 166 valence electrons. The monoisotopic (exact) mass is 438 g/mol. The second kappa shape index (κ2) is 10.4. The van der Waals surface area contributed by atoms with Crippen LogP contribution < -0.4 is 0 Å². The molecule has 0 spiro atoms. The highest BCUT2D eigenvalue weighted by Crippen LogP contribution is 2.16. The highest BCUT2D eigenvalue weighted by molar-refractivity contribution is 6.09. The van der Waals surface area contributed by atoms with Crippen molar-refractivity contribution in [1.29, 1.82) is 0 Å². The average molecular weight is 438 g/mol. The highest BCUT2D eigenvalue weighted by Gasteiger charge is 2.18. The largest absolute Gasteiger partial charge is 0.458 e. The van der Waals surface area contributed by atoms with E-state index in [-0.39, 0.29) is 69.7 Å². The van der Waals surface area contributed by atoms with Gasteiger partial charge in [-0.2, -0.15) is 0 Å². The third kappa shape index (κ3) is 5.81. The molecule has 2 aromatic carbocycles. The summed E-state index contributed by atoms with van der Waals surface area (Å²) in [5.74, 6) is -2.82. The molecule has 0 saturated carbocycles. The molecule has 0 atom stereocenters. The molecule has 0 aliphatic heterocycles. The molecule has 0 aromatic heterocycles. The van der Waals surface area contributed by atoms with Crippen LogP contribution in [0.3, 0.4) is 0 Å². The molecule has 0 amide bonds. The van der Waals surface area contributed by atoms with Crippen LogP contribution in [0.5, 0.6) is 0 Å². The summed E-state index contributed by atoms with van der Waals surface area (Å²) in [6.45, 7) is 4.72. The number of carbonyl (C=O) groups is 6. The molecule has 2 rings (SSSR count). The Morgan fingerprint density at radius 3 is 1.12 bits per heavy atom. The molecule has 8 heteroatoms. The minimum atomic E-state index is -0.747. The lowest BCUT2D eigenvalue weighted by Gasteiger charge is -2.10. The van der Waals surface area contributed by atoms with Crippen LogP contribution in [-0.2, 0) is 9.47 Å². The molecule has 0 bridgehead atoms. The third-order valence-corrected chi connectivity index (χ3v) is 4.58. The molecule has 0 N–H and O–H groups in total. The normalized spacial score (nSPS) is 10.2. The molecular formula is C24H22O8. The second-order valence-corrected chi connectivity index (χ2v) is 7.02. The van der Waals surface area contributed by atoms with Gasteiger partial charge in [0.05, 0.1) is 11.1 Å². The standard InChI is InChI=1S/C24H22O8/c1-13(25)19-7-5-17(11-21(19)15(3)27)23(29)31-9-10-32-24(30)18-6-8-20(14(2)26)22(12-18)16(4)28/h5-8,11-12H,9-10H2,1-4H3. The lowest BCUT2D eigenvalue weighted by molar-refractivity contribution is 0.0265. The molecule has 32 heavy (non-hydrogen) atoms. The first-order valence-corrected chi connectivity index (χ1v) is 9.69. The number of carbonyl (C=O) groups excluding carboxylic acids is 6. The van der Waals surface area contributed by atoms with Crippen molar-refractivity contribution in [3.05, 3.63) is 69.8 Å². The number of Topliss-reactive ketones (excluding diaryl/α,β-unsaturated/α-hetero) is 4. The van der Waals surface area contributed by atoms with Crippen molar-refractivity contribution in [1.82, 2.24) is 0 Å². The van der Waals surface area contributed by atoms with Crippen molar-refractivity contribution in [3.63, 3.8) is 0 Å². The minimum absolute atomic E-state index is 0.0810. The summed E-state index contributed by atoms with van der Waals surface area (Å²) in [7, 11) is 0. The topological polar surface area (TPSA) is 121 Å². The van der Waals surface area contributed by atoms with Gasteiger partial charge in [-0.25, -0.2) is 9.59 Å². The SMILES string of the molecule is CC(=O)c1ccc(C(=O)OCCOC(=O)c2ccc(C(C)=O)c(C(C)=O)c2)cc1C(C)=O. The maximum absolute atomic E-state index is 12.2. The molecule has 0 aliphatic rings. The summed E-state index contributed by atoms with van der Waals surface area (Å²) in [5.41, 5.74) is 0.824. The van der Waals surface area contributed by atoms with Crippen LogP contribution >= 0.6 is 0 Å². The van der Waals surface area contributed by atoms with Crippen molar-refractivity contribution >= 4 is 35.1 Å². The van der Waals surface area contributed by atoms with Crippen LogP contribution in [0, 0.1) is 0 Å². The Hall–Kier alpha value is -3.94. The molecule has 0 heterocycles. The van der Waals surface area contributed by atoms with E-state index in [4.69, 9.17) is 9.47 Å². The van der Waals surface area contributed by atoms with Gasteiger partial charge < -0.3 is 9.47 Å². The molecule has 0 unspecified atom stereocenters. The van der Waals surface area contributed by atoms with E-state index in [9.17, 15) is 28.8 Å². The Morgan fingerprint density at radius 1 is 0.531 bits per heavy atom. The van der Waals surface area contributed by atoms with Gasteiger partial charge in [0, 0.05) is 22.3 Å². The molecule has 8 nitrogen and oxygen atoms in total. The van der Waals surface area contributed by atoms with E-state index >= 15 is 0 Å². The van der Waals surface area contributed by atoms with Crippen molar-refractivity contribution in [2.45, 2.75) is 27.7 Å². The van der Waals surface area contributed by atoms with Crippen LogP contribution in [0.15, 0.2) is 36.4 Å². The van der Waals surface area contributed by atoms with E-state index in [1.165, 1.54) is 64.1 Å². The first kappa shape index (κ1) is 24.3. The molecule has 0 aliphatic carbocycles. The van der Waals surface area contributed by atoms with E-state index in [0.717, 1.165) is 0 Å². The lowest BCUT2D eigenvalue weighted by Crippen LogP contribution is -2.16. The Kier molecular flexibility index (Phi) is 7.90. The number of ketones is 4. The molecule has 2 aromatic rings. The van der Waals surface area contributed by atoms with Crippen LogP contribution in [0.2, 0.25) is 0 Å². The number of hydrogen-bond acceptors (Lipinski definition) is 8. The maximum atomic E-state index is 12.2. The fraction of sp³-hybridized carbons (Fsp3) is 0.250. The third-order valence-electron chi connectivity index (χ3n) is 4.58. The van der Waals surface area contributed by atoms with Gasteiger partial charge >= 0.3 is 11.9 Å². The van der Waals surface area contributed by atoms with Crippen LogP contribution in [0.4, 0.5) is 0 Å². The number of hydrogen-bond donors (Lipinski definition) is 0. The van der Waals surface area contributed by atoms with Gasteiger partial charge in [-0.15, -0.1) is 0 Å². The summed E-state index contributed by atoms with van der Waals surface area (Å²) in [5, 5.41) is 0. The molecule has 0 saturated heterocycles. The van der Waals surface area contributed by atoms with Crippen molar-refractivity contribution in [2.24, 2.45) is 0 Å². The zero-order chi connectivity index (χ0) is 24.0. The van der Waals surface area contributed by atoms with Gasteiger partial charge in [0.2, 0.25) is 0 Å². The van der Waals surface area contributed by atoms with Gasteiger partial charge in [-0.3, -0.25) is 19.2 Å². The van der Waals surface area contributed by atoms with Gasteiger partial charge in [-0.1, -0.05) is 0 Å². The quantitative estimate of drug-likeness (QED) is 0.331. The Balaban J connectivity index is 1.99. The van der Waals surface area contributed by atoms with Crippen LogP contribution in [0.25, 0.3) is 0 Å². The fourth-order valence-corrected chi connectivity index (χ4v) is 2.97. The second-order valence-electron chi connectivity index (χ2n) is 7.02. The van der Waals surface area contributed by atoms with Crippen molar-refractivity contribution in [2.75, 3.05) is 13.2 Å². The first-order valence-electron chi connectivity index (χ1n) is 9.69. The molecule has 0 radical (unpaired) electrons. The van der Waals surface area contributed by atoms with E-state index < -0.39 is 11.9 Å². The van der Waals surface area contributed by atoms with Crippen molar-refractivity contribution < 1.29 is 38.2 Å². The fourth-order valence-electron chi connectivity index (χ4n) is 2.97. The zero-order valence-corrected chi connectivity index (χ0v) is 18.1. The van der Waals surface area contributed by atoms with Crippen LogP contribution in [-0.4, -0.2) is 48.3 Å². The van der Waals surface area contributed by atoms with Gasteiger partial charge in [0.1, 0.15) is 13.2 Å². The minimum Gasteiger partial charge on any atom is -0.458 e. The maximum Gasteiger partial charge on any atom is 0.338 e. The van der Waals surface area contributed by atoms with E-state index in [1.807, 2.05) is 0 Å². The predicted octanol–water partition coefficient (Wildman–Crippen LogP) is 3.51. The number of ether oxygens (including phenoxy) is 2. The van der Waals surface area contributed by atoms with Gasteiger partial charge in [-0.05, 0) is 64.1 Å². The van der Waals surface area contributed by atoms with Gasteiger partial charge in [0.15, 0.2) is 23.1 Å². The summed E-state index contributed by atoms with van der Waals surface area (Å²) in [6, 6.07) is 8.08.